The second kappa shape index (κ2) is 7.94. The van der Waals surface area contributed by atoms with Crippen LogP contribution < -0.4 is 10.2 Å². The first-order valence-corrected chi connectivity index (χ1v) is 10.0. The van der Waals surface area contributed by atoms with Crippen molar-refractivity contribution in [2.75, 3.05) is 10.2 Å². The van der Waals surface area contributed by atoms with Gasteiger partial charge in [-0.05, 0) is 41.3 Å². The number of carbonyl (C=O) groups is 2. The summed E-state index contributed by atoms with van der Waals surface area (Å²) in [5, 5.41) is 4.75. The van der Waals surface area contributed by atoms with Crippen molar-refractivity contribution < 1.29 is 22.8 Å². The van der Waals surface area contributed by atoms with Crippen LogP contribution in [0.3, 0.4) is 0 Å². The lowest BCUT2D eigenvalue weighted by Crippen LogP contribution is -2.33. The molecule has 0 radical (unpaired) electrons. The number of imide groups is 1. The highest BCUT2D eigenvalue weighted by molar-refractivity contribution is 6.46. The average Bonchev–Trinajstić information content (AvgIpc) is 3.04. The number of fused-ring (bicyclic) bond motifs is 1. The minimum absolute atomic E-state index is 0.0448. The summed E-state index contributed by atoms with van der Waals surface area (Å²) in [4.78, 5) is 27.4. The first kappa shape index (κ1) is 20.5. The van der Waals surface area contributed by atoms with E-state index in [0.29, 0.717) is 16.7 Å². The molecule has 7 heteroatoms. The Labute approximate surface area is 186 Å². The van der Waals surface area contributed by atoms with Gasteiger partial charge in [-0.2, -0.15) is 0 Å². The lowest BCUT2D eigenvalue weighted by atomic mass is 10.0. The topological polar surface area (TPSA) is 49.4 Å². The molecule has 1 aliphatic heterocycles. The van der Waals surface area contributed by atoms with E-state index >= 15 is 0 Å². The summed E-state index contributed by atoms with van der Waals surface area (Å²) < 4.78 is 41.5. The lowest BCUT2D eigenvalue weighted by Gasteiger charge is -2.16. The zero-order valence-electron chi connectivity index (χ0n) is 17.0. The number of amides is 2. The molecule has 0 spiro atoms. The number of halogens is 3. The summed E-state index contributed by atoms with van der Waals surface area (Å²) >= 11 is 0. The molecule has 0 unspecified atom stereocenters. The zero-order valence-corrected chi connectivity index (χ0v) is 17.0. The van der Waals surface area contributed by atoms with Crippen LogP contribution in [-0.2, 0) is 9.59 Å². The van der Waals surface area contributed by atoms with Crippen molar-refractivity contribution in [2.24, 2.45) is 0 Å². The van der Waals surface area contributed by atoms with E-state index in [4.69, 9.17) is 0 Å². The minimum atomic E-state index is -1.05. The third kappa shape index (κ3) is 3.53. The van der Waals surface area contributed by atoms with Gasteiger partial charge in [0.15, 0.2) is 0 Å². The largest absolute Gasteiger partial charge is 0.350 e. The maximum absolute atomic E-state index is 14.5. The number of anilines is 2. The molecule has 4 aromatic carbocycles. The molecule has 0 saturated carbocycles. The highest BCUT2D eigenvalue weighted by atomic mass is 19.1. The number of benzene rings is 4. The quantitative estimate of drug-likeness (QED) is 0.414. The Bertz CT molecular complexity index is 1460. The van der Waals surface area contributed by atoms with Gasteiger partial charge in [0.2, 0.25) is 0 Å². The summed E-state index contributed by atoms with van der Waals surface area (Å²) in [6, 6.07) is 20.6. The summed E-state index contributed by atoms with van der Waals surface area (Å²) in [7, 11) is 0. The van der Waals surface area contributed by atoms with Crippen LogP contribution in [-0.4, -0.2) is 11.8 Å². The van der Waals surface area contributed by atoms with E-state index in [9.17, 15) is 22.8 Å². The third-order valence-electron chi connectivity index (χ3n) is 5.42. The molecule has 1 aliphatic rings. The average molecular weight is 444 g/mol. The molecule has 1 N–H and O–H groups in total. The van der Waals surface area contributed by atoms with Crippen molar-refractivity contribution in [3.63, 3.8) is 0 Å². The fourth-order valence-corrected chi connectivity index (χ4v) is 3.88. The van der Waals surface area contributed by atoms with Crippen LogP contribution >= 0.6 is 0 Å². The molecule has 0 aromatic heterocycles. The number of nitrogens with zero attached hydrogens (tertiary/aromatic N) is 1. The van der Waals surface area contributed by atoms with Gasteiger partial charge in [0.1, 0.15) is 23.1 Å². The molecular weight excluding hydrogens is 429 g/mol. The predicted molar refractivity (Wildman–Crippen MR) is 120 cm³/mol. The van der Waals surface area contributed by atoms with E-state index in [1.165, 1.54) is 12.1 Å². The van der Waals surface area contributed by atoms with Crippen LogP contribution in [0.15, 0.2) is 90.6 Å². The standard InChI is InChI=1S/C26H15F3N2O2/c27-17-10-8-16(9-11-17)23-24(30-21-7-3-5-15-4-1-2-6-19(15)21)26(33)31(25(23)32)22-13-12-18(28)14-20(22)29/h1-14,30H. The third-order valence-corrected chi connectivity index (χ3v) is 5.42. The van der Waals surface area contributed by atoms with Crippen molar-refractivity contribution in [3.05, 3.63) is 114 Å². The fourth-order valence-electron chi connectivity index (χ4n) is 3.88. The fraction of sp³-hybridized carbons (Fsp3) is 0. The van der Waals surface area contributed by atoms with E-state index in [1.807, 2.05) is 30.3 Å². The van der Waals surface area contributed by atoms with Gasteiger partial charge in [-0.3, -0.25) is 9.59 Å². The predicted octanol–water partition coefficient (Wildman–Crippen LogP) is 5.65. The highest BCUT2D eigenvalue weighted by Gasteiger charge is 2.41. The molecule has 4 aromatic rings. The Morgan fingerprint density at radius 3 is 2.15 bits per heavy atom. The van der Waals surface area contributed by atoms with E-state index < -0.39 is 29.3 Å². The van der Waals surface area contributed by atoms with Gasteiger partial charge < -0.3 is 5.32 Å². The Morgan fingerprint density at radius 1 is 0.697 bits per heavy atom. The van der Waals surface area contributed by atoms with Crippen LogP contribution in [0.2, 0.25) is 0 Å². The summed E-state index contributed by atoms with van der Waals surface area (Å²) in [6.45, 7) is 0. The molecule has 2 amide bonds. The number of rotatable bonds is 4. The molecule has 33 heavy (non-hydrogen) atoms. The van der Waals surface area contributed by atoms with Crippen LogP contribution in [0.4, 0.5) is 24.5 Å². The normalized spacial score (nSPS) is 13.8. The van der Waals surface area contributed by atoms with Gasteiger partial charge in [-0.1, -0.05) is 48.5 Å². The lowest BCUT2D eigenvalue weighted by molar-refractivity contribution is -0.120. The molecule has 0 aliphatic carbocycles. The van der Waals surface area contributed by atoms with E-state index in [1.54, 1.807) is 12.1 Å². The van der Waals surface area contributed by atoms with E-state index in [0.717, 1.165) is 35.0 Å². The first-order valence-electron chi connectivity index (χ1n) is 10.0. The molecular formula is C26H15F3N2O2. The van der Waals surface area contributed by atoms with Crippen LogP contribution in [0.25, 0.3) is 16.3 Å². The molecule has 0 atom stereocenters. The van der Waals surface area contributed by atoms with Crippen molar-refractivity contribution in [3.8, 4) is 0 Å². The van der Waals surface area contributed by atoms with Crippen molar-refractivity contribution in [1.29, 1.82) is 0 Å². The van der Waals surface area contributed by atoms with Crippen LogP contribution in [0, 0.1) is 17.5 Å². The maximum atomic E-state index is 14.5. The maximum Gasteiger partial charge on any atom is 0.282 e. The van der Waals surface area contributed by atoms with Crippen molar-refractivity contribution in [1.82, 2.24) is 0 Å². The van der Waals surface area contributed by atoms with Gasteiger partial charge in [0.25, 0.3) is 11.8 Å². The van der Waals surface area contributed by atoms with E-state index in [-0.39, 0.29) is 22.5 Å². The van der Waals surface area contributed by atoms with Crippen molar-refractivity contribution >= 4 is 39.5 Å². The smallest absolute Gasteiger partial charge is 0.282 e. The van der Waals surface area contributed by atoms with Gasteiger partial charge in [-0.25, -0.2) is 18.1 Å². The van der Waals surface area contributed by atoms with Crippen LogP contribution in [0.5, 0.6) is 0 Å². The zero-order chi connectivity index (χ0) is 23.1. The summed E-state index contributed by atoms with van der Waals surface area (Å²) in [5.41, 5.74) is 0.330. The Morgan fingerprint density at radius 2 is 1.39 bits per heavy atom. The SMILES string of the molecule is O=C1C(Nc2cccc3ccccc23)=C(c2ccc(F)cc2)C(=O)N1c1ccc(F)cc1F. The van der Waals surface area contributed by atoms with Gasteiger partial charge in [0, 0.05) is 17.1 Å². The van der Waals surface area contributed by atoms with E-state index in [2.05, 4.69) is 5.32 Å². The number of hydrogen-bond donors (Lipinski definition) is 1. The molecule has 0 bridgehead atoms. The second-order valence-corrected chi connectivity index (χ2v) is 7.45. The number of hydrogen-bond acceptors (Lipinski definition) is 3. The molecule has 162 valence electrons. The highest BCUT2D eigenvalue weighted by Crippen LogP contribution is 2.36. The first-order chi connectivity index (χ1) is 15.9. The van der Waals surface area contributed by atoms with Gasteiger partial charge in [0.05, 0.1) is 11.3 Å². The summed E-state index contributed by atoms with van der Waals surface area (Å²) in [6.07, 6.45) is 0. The molecule has 0 fully saturated rings. The van der Waals surface area contributed by atoms with Gasteiger partial charge in [-0.15, -0.1) is 0 Å². The molecule has 4 nitrogen and oxygen atoms in total. The Balaban J connectivity index is 1.67. The molecule has 1 heterocycles. The van der Waals surface area contributed by atoms with Crippen LogP contribution in [0.1, 0.15) is 5.56 Å². The second-order valence-electron chi connectivity index (χ2n) is 7.45. The van der Waals surface area contributed by atoms with Crippen molar-refractivity contribution in [2.45, 2.75) is 0 Å². The Kier molecular flexibility index (Phi) is 4.94. The minimum Gasteiger partial charge on any atom is -0.350 e. The van der Waals surface area contributed by atoms with Gasteiger partial charge >= 0.3 is 0 Å². The number of carbonyl (C=O) groups excluding carboxylic acids is 2. The molecule has 0 saturated heterocycles. The summed E-state index contributed by atoms with van der Waals surface area (Å²) in [5.74, 6) is -4.02. The monoisotopic (exact) mass is 444 g/mol. The number of nitrogens with one attached hydrogen (secondary N) is 1. The molecule has 5 rings (SSSR count). The Hall–Kier alpha value is -4.39.